The van der Waals surface area contributed by atoms with E-state index in [-0.39, 0.29) is 68.5 Å². The average molecular weight is 1610 g/mol. The van der Waals surface area contributed by atoms with Gasteiger partial charge in [-0.1, -0.05) is 88.5 Å². The van der Waals surface area contributed by atoms with Gasteiger partial charge in [-0.25, -0.2) is 48.2 Å². The Morgan fingerprint density at radius 2 is 0.910 bits per heavy atom. The van der Waals surface area contributed by atoms with Gasteiger partial charge in [0.2, 0.25) is 11.9 Å². The molecule has 8 aromatic rings. The second kappa shape index (κ2) is 42.8. The molecule has 0 fully saturated rings. The number of para-hydroxylation sites is 2. The Morgan fingerprint density at radius 1 is 0.514 bits per heavy atom. The number of unbranched alkanes of at least 4 members (excludes halogenated alkanes) is 2. The van der Waals surface area contributed by atoms with E-state index < -0.39 is 91.3 Å². The monoisotopic (exact) mass is 1610 g/mol. The van der Waals surface area contributed by atoms with Crippen LogP contribution < -0.4 is 52.4 Å². The minimum atomic E-state index is -3.89. The number of hydrogen-bond acceptors (Lipinski definition) is 30. The normalized spacial score (nSPS) is 13.5. The number of carbonyl (C=O) groups excluding carboxylic acids is 6. The number of benzene rings is 4. The van der Waals surface area contributed by atoms with Crippen LogP contribution in [-0.2, 0) is 64.9 Å². The van der Waals surface area contributed by atoms with Gasteiger partial charge in [0, 0.05) is 52.7 Å². The van der Waals surface area contributed by atoms with Crippen LogP contribution in [0.1, 0.15) is 98.3 Å². The number of carbonyl (C=O) groups is 6. The highest BCUT2D eigenvalue weighted by Crippen LogP contribution is 2.50. The SMILES string of the molecule is CCOC(=O)[C@H](C)O.CCOC(=O)[C@H](C)OP(=O)(CCCC[C@H](NC(=O)c1ccc(N(C)Cc2cnc3nc(N)nc(N)c3n2)cc1)C(=O)OCC[Si](C)(C)C)Oc1ccccc1.CN(Cc1cnc2nc(N)nc(N)c2n1)c1ccc(C(=O)N[C@@H](CCCCP(=O)(O)Oc2ccccc2)C(=O)OCC[Si](C)(C)C)cc1. The van der Waals surface area contributed by atoms with E-state index in [9.17, 15) is 42.8 Å². The molecule has 8 rings (SSSR count). The highest BCUT2D eigenvalue weighted by Gasteiger charge is 2.34. The van der Waals surface area contributed by atoms with Gasteiger partial charge in [0.05, 0.1) is 75.6 Å². The van der Waals surface area contributed by atoms with Crippen LogP contribution >= 0.6 is 15.2 Å². The highest BCUT2D eigenvalue weighted by molar-refractivity contribution is 7.54. The first kappa shape index (κ1) is 89.6. The van der Waals surface area contributed by atoms with Gasteiger partial charge in [0.25, 0.3) is 11.8 Å². The summed E-state index contributed by atoms with van der Waals surface area (Å²) in [5.41, 5.74) is 28.1. The summed E-state index contributed by atoms with van der Waals surface area (Å²) in [5, 5.41) is 14.1. The zero-order valence-corrected chi connectivity index (χ0v) is 68.7. The maximum Gasteiger partial charge on any atom is 0.380 e. The molecule has 0 spiro atoms. The lowest BCUT2D eigenvalue weighted by Gasteiger charge is -2.23. The number of aliphatic hydroxyl groups is 1. The van der Waals surface area contributed by atoms with Gasteiger partial charge in [-0.15, -0.1) is 0 Å². The molecule has 2 unspecified atom stereocenters. The van der Waals surface area contributed by atoms with Crippen molar-refractivity contribution < 1.29 is 80.4 Å². The smallest absolute Gasteiger partial charge is 0.380 e. The summed E-state index contributed by atoms with van der Waals surface area (Å²) >= 11 is 0. The lowest BCUT2D eigenvalue weighted by atomic mass is 10.1. The predicted octanol–water partition coefficient (Wildman–Crippen LogP) is 10.2. The molecule has 4 heterocycles. The lowest BCUT2D eigenvalue weighted by Crippen LogP contribution is -2.42. The van der Waals surface area contributed by atoms with E-state index in [1.807, 2.05) is 23.9 Å². The Hall–Kier alpha value is -10.3. The highest BCUT2D eigenvalue weighted by atomic mass is 31.2. The molecule has 6 atom stereocenters. The molecule has 0 saturated carbocycles. The van der Waals surface area contributed by atoms with Crippen LogP contribution in [0.2, 0.25) is 51.4 Å². The van der Waals surface area contributed by atoms with Crippen LogP contribution in [0.5, 0.6) is 11.5 Å². The molecule has 0 radical (unpaired) electrons. The van der Waals surface area contributed by atoms with Gasteiger partial charge in [0.15, 0.2) is 40.1 Å². The van der Waals surface area contributed by atoms with Crippen LogP contribution in [-0.4, -0.2) is 179 Å². The van der Waals surface area contributed by atoms with E-state index in [4.69, 9.17) is 55.8 Å². The second-order valence-corrected chi connectivity index (χ2v) is 43.4. The molecule has 2 amide bonds. The zero-order valence-electron chi connectivity index (χ0n) is 64.9. The Kier molecular flexibility index (Phi) is 34.5. The zero-order chi connectivity index (χ0) is 81.6. The third-order valence-corrected chi connectivity index (χ3v) is 23.0. The van der Waals surface area contributed by atoms with Crippen molar-refractivity contribution in [2.45, 2.75) is 155 Å². The molecule has 0 saturated heterocycles. The number of aliphatic hydroxyl groups excluding tert-OH is 1. The molecule has 4 aromatic carbocycles. The minimum absolute atomic E-state index is 0.0175. The third-order valence-electron chi connectivity index (χ3n) is 16.2. The molecule has 0 aliphatic rings. The quantitative estimate of drug-likeness (QED) is 0.00586. The number of nitrogens with two attached hydrogens (primary N) is 4. The van der Waals surface area contributed by atoms with Crippen molar-refractivity contribution in [3.63, 3.8) is 0 Å². The van der Waals surface area contributed by atoms with Crippen LogP contribution in [0.4, 0.5) is 34.9 Å². The summed E-state index contributed by atoms with van der Waals surface area (Å²) in [6.45, 7) is 21.0. The van der Waals surface area contributed by atoms with Crippen molar-refractivity contribution in [3.8, 4) is 11.5 Å². The van der Waals surface area contributed by atoms with Crippen LogP contribution in [0, 0.1) is 0 Å². The summed E-state index contributed by atoms with van der Waals surface area (Å²) in [6.07, 6.45) is 2.71. The molecule has 12 N–H and O–H groups in total. The van der Waals surface area contributed by atoms with Gasteiger partial charge < -0.3 is 81.4 Å². The van der Waals surface area contributed by atoms with E-state index in [0.717, 1.165) is 23.5 Å². The standard InChI is InChI=1S/C37H51N8O8PSi.C32H43N8O6PSi.C5H10O3/c1-7-50-35(47)25(2)52-54(49,53-29-13-9-8-10-14-29)21-12-11-15-30(36(48)51-20-22-55(4,5)6)42-34(46)26-16-18-28(19-17-26)45(3)24-27-23-40-33-31(41-27)32(38)43-37(39)44-33;1-40(21-23-20-35-29-27(36-23)28(33)38-32(34)39-29)24-15-13-22(14-16-24)30(41)37-26(31(42)45-17-19-48(2,3)4)12-8-9-18-47(43,44)46-25-10-6-5-7-11-25;1-3-8-5(7)4(2)6/h8-10,13-14,16-19,23,25,30H,7,11-12,15,20-22,24H2,1-6H3,(H,42,46)(H4,38,39,40,43,44);5-7,10-11,13-16,20,26H,8-9,12,17-19,21H2,1-4H3,(H,37,41)(H,43,44)(H4,33,34,35,38,39);4,6H,3H2,1-2H3/t25-,30-,54?;26-;4-/m000/s1. The van der Waals surface area contributed by atoms with Crippen LogP contribution in [0.15, 0.2) is 122 Å². The van der Waals surface area contributed by atoms with Crippen molar-refractivity contribution in [2.24, 2.45) is 0 Å². The van der Waals surface area contributed by atoms with Gasteiger partial charge in [-0.05, 0) is 138 Å². The van der Waals surface area contributed by atoms with Crippen molar-refractivity contribution in [1.82, 2.24) is 50.5 Å². The first-order valence-electron chi connectivity index (χ1n) is 36.2. The number of nitrogens with zero attached hydrogens (tertiary/aromatic N) is 10. The molecular formula is C74H104N16O17P2Si2. The van der Waals surface area contributed by atoms with Gasteiger partial charge in [-0.2, -0.15) is 19.9 Å². The van der Waals surface area contributed by atoms with Crippen molar-refractivity contribution >= 4 is 124 Å². The summed E-state index contributed by atoms with van der Waals surface area (Å²) in [5.74, 6) is -2.24. The van der Waals surface area contributed by atoms with Gasteiger partial charge in [0.1, 0.15) is 29.7 Å². The molecule has 4 aromatic heterocycles. The number of rotatable bonds is 38. The first-order chi connectivity index (χ1) is 52.4. The van der Waals surface area contributed by atoms with Gasteiger partial charge in [-0.3, -0.25) is 14.1 Å². The number of ether oxygens (including phenoxy) is 4. The van der Waals surface area contributed by atoms with Gasteiger partial charge >= 0.3 is 39.1 Å². The number of hydrogen-bond donors (Lipinski definition) is 8. The maximum atomic E-state index is 13.9. The molecule has 0 aliphatic carbocycles. The number of nitrogen functional groups attached to an aromatic ring is 4. The van der Waals surface area contributed by atoms with Crippen LogP contribution in [0.25, 0.3) is 22.3 Å². The molecule has 111 heavy (non-hydrogen) atoms. The number of fused-ring (bicyclic) bond motifs is 2. The van der Waals surface area contributed by atoms with Crippen molar-refractivity contribution in [1.29, 1.82) is 0 Å². The van der Waals surface area contributed by atoms with Crippen molar-refractivity contribution in [2.75, 3.05) is 85.6 Å². The van der Waals surface area contributed by atoms with Crippen molar-refractivity contribution in [3.05, 3.63) is 144 Å². The largest absolute Gasteiger partial charge is 0.464 e. The summed E-state index contributed by atoms with van der Waals surface area (Å²) in [7, 11) is -6.95. The molecule has 0 aliphatic heterocycles. The molecular weight excluding hydrogens is 1500 g/mol. The number of anilines is 6. The fraction of sp³-hybridized carbons (Fsp3) is 0.432. The molecule has 33 nitrogen and oxygen atoms in total. The fourth-order valence-corrected chi connectivity index (χ4v) is 14.6. The molecule has 0 bridgehead atoms. The summed E-state index contributed by atoms with van der Waals surface area (Å²) in [6, 6.07) is 30.4. The maximum absolute atomic E-state index is 13.9. The van der Waals surface area contributed by atoms with E-state index >= 15 is 0 Å². The summed E-state index contributed by atoms with van der Waals surface area (Å²) < 4.78 is 63.8. The van der Waals surface area contributed by atoms with E-state index in [2.05, 4.69) is 94.5 Å². The fourth-order valence-electron chi connectivity index (χ4n) is 10.2. The topological polar surface area (TPSA) is 479 Å². The molecule has 37 heteroatoms. The Bertz CT molecular complexity index is 4480. The van der Waals surface area contributed by atoms with E-state index in [1.54, 1.807) is 135 Å². The predicted molar refractivity (Wildman–Crippen MR) is 430 cm³/mol. The minimum Gasteiger partial charge on any atom is -0.464 e. The Labute approximate surface area is 648 Å². The second-order valence-electron chi connectivity index (χ2n) is 28.2. The third kappa shape index (κ3) is 31.2. The first-order valence-corrected chi connectivity index (χ1v) is 47.1. The Morgan fingerprint density at radius 3 is 1.30 bits per heavy atom. The average Bonchev–Trinajstić information content (AvgIpc) is 0.812. The Balaban J connectivity index is 0.000000317. The van der Waals surface area contributed by atoms with Crippen LogP contribution in [0.3, 0.4) is 0 Å². The van der Waals surface area contributed by atoms with E-state index in [1.165, 1.54) is 13.8 Å². The number of amides is 2. The van der Waals surface area contributed by atoms with E-state index in [0.29, 0.717) is 102 Å². The lowest BCUT2D eigenvalue weighted by molar-refractivity contribution is -0.152. The number of esters is 4. The number of nitrogens with one attached hydrogen (secondary N) is 2. The summed E-state index contributed by atoms with van der Waals surface area (Å²) in [4.78, 5) is 123. The molecule has 600 valence electrons. The number of aromatic nitrogens is 8.